The third-order valence-corrected chi connectivity index (χ3v) is 5.53. The number of hydrogen-bond donors (Lipinski definition) is 1. The SMILES string of the molecule is CN(C)CCN1C(=O)C(O)=C(C(=O)c2cc3cc(Br)ccc3o2)C1c1cccnc1. The summed E-state index contributed by atoms with van der Waals surface area (Å²) in [6, 6.07) is 9.82. The van der Waals surface area contributed by atoms with Crippen molar-refractivity contribution in [2.75, 3.05) is 27.2 Å². The lowest BCUT2D eigenvalue weighted by Gasteiger charge is -2.27. The van der Waals surface area contributed by atoms with E-state index >= 15 is 0 Å². The number of aromatic nitrogens is 1. The van der Waals surface area contributed by atoms with Gasteiger partial charge in [0.25, 0.3) is 5.91 Å². The van der Waals surface area contributed by atoms with Crippen LogP contribution in [0.5, 0.6) is 0 Å². The lowest BCUT2D eigenvalue weighted by Crippen LogP contribution is -2.36. The number of carbonyl (C=O) groups excluding carboxylic acids is 2. The molecule has 3 heterocycles. The Morgan fingerprint density at radius 1 is 1.30 bits per heavy atom. The summed E-state index contributed by atoms with van der Waals surface area (Å²) in [7, 11) is 3.79. The van der Waals surface area contributed by atoms with Gasteiger partial charge in [-0.3, -0.25) is 14.6 Å². The zero-order valence-corrected chi connectivity index (χ0v) is 18.1. The second-order valence-electron chi connectivity index (χ2n) is 7.37. The summed E-state index contributed by atoms with van der Waals surface area (Å²) in [5, 5.41) is 11.4. The van der Waals surface area contributed by atoms with Crippen molar-refractivity contribution in [2.45, 2.75) is 6.04 Å². The number of benzene rings is 1. The second-order valence-corrected chi connectivity index (χ2v) is 8.29. The van der Waals surface area contributed by atoms with E-state index in [9.17, 15) is 14.7 Å². The van der Waals surface area contributed by atoms with Crippen LogP contribution < -0.4 is 0 Å². The van der Waals surface area contributed by atoms with Crippen LogP contribution in [0.1, 0.15) is 22.2 Å². The number of aliphatic hydroxyl groups excluding tert-OH is 1. The van der Waals surface area contributed by atoms with Crippen LogP contribution in [-0.2, 0) is 4.79 Å². The van der Waals surface area contributed by atoms with Gasteiger partial charge in [-0.2, -0.15) is 0 Å². The van der Waals surface area contributed by atoms with Gasteiger partial charge in [-0.05, 0) is 50.0 Å². The maximum atomic E-state index is 13.4. The highest BCUT2D eigenvalue weighted by atomic mass is 79.9. The third-order valence-electron chi connectivity index (χ3n) is 5.04. The van der Waals surface area contributed by atoms with E-state index in [1.54, 1.807) is 36.7 Å². The molecule has 2 aromatic heterocycles. The number of rotatable bonds is 6. The van der Waals surface area contributed by atoms with E-state index in [0.29, 0.717) is 24.2 Å². The van der Waals surface area contributed by atoms with Gasteiger partial charge in [-0.25, -0.2) is 0 Å². The van der Waals surface area contributed by atoms with Crippen LogP contribution in [0.2, 0.25) is 0 Å². The van der Waals surface area contributed by atoms with E-state index < -0.39 is 23.5 Å². The van der Waals surface area contributed by atoms with Crippen LogP contribution in [0.4, 0.5) is 0 Å². The summed E-state index contributed by atoms with van der Waals surface area (Å²) in [6.07, 6.45) is 3.22. The molecular weight excluding hydrogens is 450 g/mol. The number of ketones is 1. The van der Waals surface area contributed by atoms with Crippen LogP contribution in [0.3, 0.4) is 0 Å². The number of pyridine rings is 1. The number of furan rings is 1. The van der Waals surface area contributed by atoms with Gasteiger partial charge in [0, 0.05) is 35.3 Å². The molecule has 1 aliphatic heterocycles. The van der Waals surface area contributed by atoms with E-state index in [0.717, 1.165) is 9.86 Å². The Morgan fingerprint density at radius 3 is 2.80 bits per heavy atom. The van der Waals surface area contributed by atoms with Gasteiger partial charge in [0.15, 0.2) is 11.5 Å². The molecule has 7 nitrogen and oxygen atoms in total. The Morgan fingerprint density at radius 2 is 2.10 bits per heavy atom. The summed E-state index contributed by atoms with van der Waals surface area (Å²) in [6.45, 7) is 0.926. The Bertz CT molecular complexity index is 1150. The summed E-state index contributed by atoms with van der Waals surface area (Å²) >= 11 is 3.40. The van der Waals surface area contributed by atoms with Crippen molar-refractivity contribution in [2.24, 2.45) is 0 Å². The Balaban J connectivity index is 1.78. The van der Waals surface area contributed by atoms with Crippen molar-refractivity contribution >= 4 is 38.6 Å². The molecule has 8 heteroatoms. The molecule has 1 aliphatic rings. The second kappa shape index (κ2) is 8.04. The van der Waals surface area contributed by atoms with Gasteiger partial charge in [-0.15, -0.1) is 0 Å². The lowest BCUT2D eigenvalue weighted by molar-refractivity contribution is -0.129. The van der Waals surface area contributed by atoms with Gasteiger partial charge in [0.1, 0.15) is 5.58 Å². The van der Waals surface area contributed by atoms with E-state index in [2.05, 4.69) is 20.9 Å². The summed E-state index contributed by atoms with van der Waals surface area (Å²) in [4.78, 5) is 33.8. The number of hydrogen-bond acceptors (Lipinski definition) is 6. The number of fused-ring (bicyclic) bond motifs is 1. The average molecular weight is 470 g/mol. The fraction of sp³-hybridized carbons (Fsp3) is 0.227. The van der Waals surface area contributed by atoms with Crippen LogP contribution >= 0.6 is 15.9 Å². The monoisotopic (exact) mass is 469 g/mol. The summed E-state index contributed by atoms with van der Waals surface area (Å²) in [5.74, 6) is -1.57. The van der Waals surface area contributed by atoms with Crippen molar-refractivity contribution in [1.82, 2.24) is 14.8 Å². The molecule has 0 aliphatic carbocycles. The molecule has 0 saturated heterocycles. The zero-order chi connectivity index (χ0) is 21.4. The minimum Gasteiger partial charge on any atom is -0.503 e. The first-order valence-electron chi connectivity index (χ1n) is 9.39. The molecule has 3 aromatic rings. The molecule has 4 rings (SSSR count). The molecule has 0 bridgehead atoms. The van der Waals surface area contributed by atoms with Gasteiger partial charge in [-0.1, -0.05) is 22.0 Å². The number of likely N-dealkylation sites (N-methyl/N-ethyl adjacent to an activating group) is 1. The fourth-order valence-corrected chi connectivity index (χ4v) is 3.95. The molecule has 0 saturated carbocycles. The number of aliphatic hydroxyl groups is 1. The Hall–Kier alpha value is -2.97. The minimum atomic E-state index is -0.737. The molecule has 0 radical (unpaired) electrons. The largest absolute Gasteiger partial charge is 0.503 e. The molecule has 1 unspecified atom stereocenters. The molecule has 154 valence electrons. The van der Waals surface area contributed by atoms with Gasteiger partial charge in [0.05, 0.1) is 11.6 Å². The third kappa shape index (κ3) is 3.64. The Labute approximate surface area is 181 Å². The van der Waals surface area contributed by atoms with Crippen molar-refractivity contribution in [3.63, 3.8) is 0 Å². The van der Waals surface area contributed by atoms with Crippen LogP contribution in [-0.4, -0.2) is 58.8 Å². The highest BCUT2D eigenvalue weighted by molar-refractivity contribution is 9.10. The Kier molecular flexibility index (Phi) is 5.44. The van der Waals surface area contributed by atoms with Crippen LogP contribution in [0.15, 0.2) is 69.0 Å². The molecule has 1 atom stereocenters. The zero-order valence-electron chi connectivity index (χ0n) is 16.5. The van der Waals surface area contributed by atoms with Crippen LogP contribution in [0, 0.1) is 0 Å². The summed E-state index contributed by atoms with van der Waals surface area (Å²) in [5.41, 5.74) is 1.20. The molecule has 1 aromatic carbocycles. The highest BCUT2D eigenvalue weighted by Gasteiger charge is 2.44. The van der Waals surface area contributed by atoms with Gasteiger partial charge in [0.2, 0.25) is 5.78 Å². The first-order valence-corrected chi connectivity index (χ1v) is 10.2. The maximum Gasteiger partial charge on any atom is 0.290 e. The molecular formula is C22H20BrN3O4. The number of halogens is 1. The predicted molar refractivity (Wildman–Crippen MR) is 115 cm³/mol. The minimum absolute atomic E-state index is 0.00452. The molecule has 1 N–H and O–H groups in total. The quantitative estimate of drug-likeness (QED) is 0.553. The topological polar surface area (TPSA) is 86.9 Å². The lowest BCUT2D eigenvalue weighted by atomic mass is 9.96. The number of amides is 1. The number of carbonyl (C=O) groups is 2. The molecule has 0 spiro atoms. The van der Waals surface area contributed by atoms with Crippen molar-refractivity contribution < 1.29 is 19.1 Å². The predicted octanol–water partition coefficient (Wildman–Crippen LogP) is 3.73. The molecule has 30 heavy (non-hydrogen) atoms. The highest BCUT2D eigenvalue weighted by Crippen LogP contribution is 2.39. The van der Waals surface area contributed by atoms with Gasteiger partial charge >= 0.3 is 0 Å². The number of nitrogens with zero attached hydrogens (tertiary/aromatic N) is 3. The van der Waals surface area contributed by atoms with Crippen molar-refractivity contribution in [1.29, 1.82) is 0 Å². The van der Waals surface area contributed by atoms with Crippen molar-refractivity contribution in [3.05, 3.63) is 75.9 Å². The van der Waals surface area contributed by atoms with Crippen LogP contribution in [0.25, 0.3) is 11.0 Å². The van der Waals surface area contributed by atoms with Crippen molar-refractivity contribution in [3.8, 4) is 0 Å². The van der Waals surface area contributed by atoms with E-state index in [4.69, 9.17) is 4.42 Å². The summed E-state index contributed by atoms with van der Waals surface area (Å²) < 4.78 is 6.59. The van der Waals surface area contributed by atoms with Gasteiger partial charge < -0.3 is 19.3 Å². The maximum absolute atomic E-state index is 13.4. The van der Waals surface area contributed by atoms with E-state index in [1.807, 2.05) is 31.1 Å². The first-order chi connectivity index (χ1) is 14.4. The fourth-order valence-electron chi connectivity index (χ4n) is 3.57. The number of Topliss-reactive ketones (excluding diaryl/α,β-unsaturated/α-hetero) is 1. The smallest absolute Gasteiger partial charge is 0.290 e. The average Bonchev–Trinajstić information content (AvgIpc) is 3.25. The molecule has 0 fully saturated rings. The first kappa shape index (κ1) is 20.3. The molecule has 1 amide bonds. The van der Waals surface area contributed by atoms with E-state index in [1.165, 1.54) is 4.90 Å². The normalized spacial score (nSPS) is 16.9. The standard InChI is InChI=1S/C22H20BrN3O4/c1-25(2)8-9-26-19(13-4-3-7-24-12-13)18(21(28)22(26)29)20(27)17-11-14-10-15(23)5-6-16(14)30-17/h3-7,10-12,19,28H,8-9H2,1-2H3. The van der Waals surface area contributed by atoms with E-state index in [-0.39, 0.29) is 11.3 Å².